The van der Waals surface area contributed by atoms with Crippen LogP contribution in [0.5, 0.6) is 0 Å². The molecule has 1 N–H and O–H groups in total. The second kappa shape index (κ2) is 7.17. The van der Waals surface area contributed by atoms with Crippen LogP contribution in [-0.4, -0.2) is 24.0 Å². The van der Waals surface area contributed by atoms with Crippen molar-refractivity contribution in [2.45, 2.75) is 53.0 Å². The van der Waals surface area contributed by atoms with Crippen molar-refractivity contribution in [1.82, 2.24) is 10.2 Å². The Hall–Kier alpha value is -1.51. The van der Waals surface area contributed by atoms with Gasteiger partial charge in [0, 0.05) is 13.1 Å². The van der Waals surface area contributed by atoms with Gasteiger partial charge >= 0.3 is 6.03 Å². The smallest absolute Gasteiger partial charge is 0.317 e. The van der Waals surface area contributed by atoms with Crippen LogP contribution in [0.3, 0.4) is 0 Å². The fraction of sp³-hybridized carbons (Fsp3) is 0.632. The average Bonchev–Trinajstić information content (AvgIpc) is 2.46. The van der Waals surface area contributed by atoms with Crippen LogP contribution < -0.4 is 5.32 Å². The first-order valence-corrected chi connectivity index (χ1v) is 8.45. The lowest BCUT2D eigenvalue weighted by Gasteiger charge is -2.34. The number of piperidine rings is 1. The molecule has 0 spiro atoms. The zero-order valence-electron chi connectivity index (χ0n) is 14.4. The molecule has 0 aliphatic carbocycles. The standard InChI is InChI=1S/C19H30N2O/c1-15-9-8-12-21(14-15)18(22)20-17(13-19(2,3)4)16-10-6-5-7-11-16/h5-7,10-11,15,17H,8-9,12-14H2,1-4H3,(H,20,22). The van der Waals surface area contributed by atoms with Gasteiger partial charge in [-0.3, -0.25) is 0 Å². The molecule has 122 valence electrons. The molecule has 1 aromatic carbocycles. The summed E-state index contributed by atoms with van der Waals surface area (Å²) >= 11 is 0. The fourth-order valence-corrected chi connectivity index (χ4v) is 3.16. The van der Waals surface area contributed by atoms with Gasteiger partial charge in [0.25, 0.3) is 0 Å². The Morgan fingerprint density at radius 2 is 2.00 bits per heavy atom. The van der Waals surface area contributed by atoms with E-state index in [9.17, 15) is 4.79 Å². The van der Waals surface area contributed by atoms with Crippen molar-refractivity contribution in [2.75, 3.05) is 13.1 Å². The first-order valence-electron chi connectivity index (χ1n) is 8.45. The number of urea groups is 1. The van der Waals surface area contributed by atoms with E-state index in [1.165, 1.54) is 12.0 Å². The molecular formula is C19H30N2O. The van der Waals surface area contributed by atoms with Gasteiger partial charge in [0.05, 0.1) is 6.04 Å². The van der Waals surface area contributed by atoms with Crippen molar-refractivity contribution >= 4 is 6.03 Å². The van der Waals surface area contributed by atoms with Gasteiger partial charge in [-0.05, 0) is 36.2 Å². The van der Waals surface area contributed by atoms with Crippen LogP contribution in [0.2, 0.25) is 0 Å². The Bertz CT molecular complexity index is 478. The Morgan fingerprint density at radius 1 is 1.32 bits per heavy atom. The van der Waals surface area contributed by atoms with Crippen molar-refractivity contribution < 1.29 is 4.79 Å². The normalized spacial score (nSPS) is 20.5. The van der Waals surface area contributed by atoms with Gasteiger partial charge in [0.15, 0.2) is 0 Å². The molecule has 2 unspecified atom stereocenters. The summed E-state index contributed by atoms with van der Waals surface area (Å²) in [4.78, 5) is 14.6. The molecule has 2 atom stereocenters. The molecule has 0 radical (unpaired) electrons. The van der Waals surface area contributed by atoms with E-state index in [0.717, 1.165) is 25.9 Å². The summed E-state index contributed by atoms with van der Waals surface area (Å²) in [5.74, 6) is 0.609. The quantitative estimate of drug-likeness (QED) is 0.869. The molecule has 0 saturated carbocycles. The Balaban J connectivity index is 2.07. The van der Waals surface area contributed by atoms with Crippen LogP contribution in [0.4, 0.5) is 4.79 Å². The van der Waals surface area contributed by atoms with Gasteiger partial charge in [0.1, 0.15) is 0 Å². The summed E-state index contributed by atoms with van der Waals surface area (Å²) < 4.78 is 0. The predicted octanol–water partition coefficient (Wildman–Crippen LogP) is 4.61. The van der Waals surface area contributed by atoms with Crippen molar-refractivity contribution in [2.24, 2.45) is 11.3 Å². The lowest BCUT2D eigenvalue weighted by atomic mass is 9.85. The number of likely N-dealkylation sites (tertiary alicyclic amines) is 1. The molecule has 1 aliphatic heterocycles. The first-order chi connectivity index (χ1) is 10.3. The third-order valence-electron chi connectivity index (χ3n) is 4.26. The van der Waals surface area contributed by atoms with Crippen molar-refractivity contribution in [3.05, 3.63) is 35.9 Å². The second-order valence-electron chi connectivity index (χ2n) is 7.87. The number of amides is 2. The summed E-state index contributed by atoms with van der Waals surface area (Å²) in [6.07, 6.45) is 3.28. The molecule has 1 heterocycles. The second-order valence-corrected chi connectivity index (χ2v) is 7.87. The number of hydrogen-bond acceptors (Lipinski definition) is 1. The number of hydrogen-bond donors (Lipinski definition) is 1. The highest BCUT2D eigenvalue weighted by Crippen LogP contribution is 2.29. The Labute approximate surface area is 135 Å². The minimum absolute atomic E-state index is 0.0749. The maximum Gasteiger partial charge on any atom is 0.317 e. The molecule has 0 bridgehead atoms. The van der Waals surface area contributed by atoms with E-state index in [1.54, 1.807) is 0 Å². The summed E-state index contributed by atoms with van der Waals surface area (Å²) in [6, 6.07) is 10.5. The van der Waals surface area contributed by atoms with Gasteiger partial charge < -0.3 is 10.2 Å². The van der Waals surface area contributed by atoms with E-state index in [-0.39, 0.29) is 17.5 Å². The topological polar surface area (TPSA) is 32.3 Å². The summed E-state index contributed by atoms with van der Waals surface area (Å²) in [6.45, 7) is 10.6. The summed E-state index contributed by atoms with van der Waals surface area (Å²) in [5, 5.41) is 3.27. The SMILES string of the molecule is CC1CCCN(C(=O)NC(CC(C)(C)C)c2ccccc2)C1. The maximum atomic E-state index is 12.6. The van der Waals surface area contributed by atoms with Crippen LogP contribution in [0.1, 0.15) is 58.6 Å². The maximum absolute atomic E-state index is 12.6. The average molecular weight is 302 g/mol. The van der Waals surface area contributed by atoms with Crippen molar-refractivity contribution in [3.8, 4) is 0 Å². The number of nitrogens with zero attached hydrogens (tertiary/aromatic N) is 1. The molecule has 22 heavy (non-hydrogen) atoms. The van der Waals surface area contributed by atoms with Crippen LogP contribution in [0.25, 0.3) is 0 Å². The van der Waals surface area contributed by atoms with Crippen LogP contribution >= 0.6 is 0 Å². The predicted molar refractivity (Wildman–Crippen MR) is 91.8 cm³/mol. The lowest BCUT2D eigenvalue weighted by molar-refractivity contribution is 0.163. The highest BCUT2D eigenvalue weighted by atomic mass is 16.2. The van der Waals surface area contributed by atoms with E-state index < -0.39 is 0 Å². The van der Waals surface area contributed by atoms with Crippen LogP contribution in [0.15, 0.2) is 30.3 Å². The van der Waals surface area contributed by atoms with Crippen LogP contribution in [0, 0.1) is 11.3 Å². The van der Waals surface area contributed by atoms with Gasteiger partial charge in [-0.15, -0.1) is 0 Å². The molecule has 1 saturated heterocycles. The number of rotatable bonds is 3. The first kappa shape index (κ1) is 16.9. The summed E-state index contributed by atoms with van der Waals surface area (Å²) in [5.41, 5.74) is 1.36. The number of carbonyl (C=O) groups excluding carboxylic acids is 1. The van der Waals surface area contributed by atoms with Gasteiger partial charge in [-0.1, -0.05) is 58.0 Å². The zero-order chi connectivity index (χ0) is 16.2. The fourth-order valence-electron chi connectivity index (χ4n) is 3.16. The molecule has 2 amide bonds. The third kappa shape index (κ3) is 5.04. The molecule has 1 aromatic rings. The van der Waals surface area contributed by atoms with E-state index in [0.29, 0.717) is 5.92 Å². The molecule has 2 rings (SSSR count). The largest absolute Gasteiger partial charge is 0.331 e. The third-order valence-corrected chi connectivity index (χ3v) is 4.26. The summed E-state index contributed by atoms with van der Waals surface area (Å²) in [7, 11) is 0. The highest BCUT2D eigenvalue weighted by Gasteiger charge is 2.26. The Morgan fingerprint density at radius 3 is 2.59 bits per heavy atom. The van der Waals surface area contributed by atoms with E-state index in [1.807, 2.05) is 23.1 Å². The molecule has 1 aliphatic rings. The minimum Gasteiger partial charge on any atom is -0.331 e. The molecule has 0 aromatic heterocycles. The lowest BCUT2D eigenvalue weighted by Crippen LogP contribution is -2.46. The van der Waals surface area contributed by atoms with Gasteiger partial charge in [-0.25, -0.2) is 4.79 Å². The number of carbonyl (C=O) groups is 1. The number of nitrogens with one attached hydrogen (secondary N) is 1. The molecule has 3 nitrogen and oxygen atoms in total. The zero-order valence-corrected chi connectivity index (χ0v) is 14.4. The molecule has 1 fully saturated rings. The monoisotopic (exact) mass is 302 g/mol. The van der Waals surface area contributed by atoms with Gasteiger partial charge in [0.2, 0.25) is 0 Å². The van der Waals surface area contributed by atoms with E-state index in [2.05, 4.69) is 45.1 Å². The van der Waals surface area contributed by atoms with Gasteiger partial charge in [-0.2, -0.15) is 0 Å². The molecular weight excluding hydrogens is 272 g/mol. The van der Waals surface area contributed by atoms with E-state index in [4.69, 9.17) is 0 Å². The van der Waals surface area contributed by atoms with E-state index >= 15 is 0 Å². The number of benzene rings is 1. The van der Waals surface area contributed by atoms with Crippen molar-refractivity contribution in [3.63, 3.8) is 0 Å². The highest BCUT2D eigenvalue weighted by molar-refractivity contribution is 5.74. The minimum atomic E-state index is 0.0749. The van der Waals surface area contributed by atoms with Crippen molar-refractivity contribution in [1.29, 1.82) is 0 Å². The molecule has 3 heteroatoms. The Kier molecular flexibility index (Phi) is 5.49. The van der Waals surface area contributed by atoms with Crippen LogP contribution in [-0.2, 0) is 0 Å².